The highest BCUT2D eigenvalue weighted by atomic mass is 16.5. The van der Waals surface area contributed by atoms with Gasteiger partial charge in [0.1, 0.15) is 0 Å². The minimum absolute atomic E-state index is 0.0369. The molecule has 0 bridgehead atoms. The molecule has 1 aliphatic carbocycles. The van der Waals surface area contributed by atoms with Crippen LogP contribution in [0.4, 0.5) is 0 Å². The second-order valence-electron chi connectivity index (χ2n) is 4.23. The third kappa shape index (κ3) is 2.53. The van der Waals surface area contributed by atoms with Crippen molar-refractivity contribution in [3.8, 4) is 0 Å². The Morgan fingerprint density at radius 2 is 2.25 bits per heavy atom. The minimum atomic E-state index is -0.734. The summed E-state index contributed by atoms with van der Waals surface area (Å²) in [5, 5.41) is 9.46. The van der Waals surface area contributed by atoms with E-state index >= 15 is 0 Å². The van der Waals surface area contributed by atoms with Crippen molar-refractivity contribution >= 4 is 5.97 Å². The summed E-state index contributed by atoms with van der Waals surface area (Å²) in [7, 11) is 1.64. The molecule has 90 valence electrons. The number of allylic oxidation sites excluding steroid dienone is 3. The van der Waals surface area contributed by atoms with E-state index in [4.69, 9.17) is 4.74 Å². The van der Waals surface area contributed by atoms with Gasteiger partial charge in [0.05, 0.1) is 5.41 Å². The molecule has 0 amide bonds. The molecule has 0 saturated heterocycles. The van der Waals surface area contributed by atoms with E-state index in [2.05, 4.69) is 0 Å². The van der Waals surface area contributed by atoms with Crippen molar-refractivity contribution in [3.63, 3.8) is 0 Å². The van der Waals surface area contributed by atoms with Gasteiger partial charge in [-0.25, -0.2) is 0 Å². The fraction of sp³-hybridized carbons (Fsp3) is 0.615. The van der Waals surface area contributed by atoms with Gasteiger partial charge < -0.3 is 9.84 Å². The van der Waals surface area contributed by atoms with E-state index in [0.717, 1.165) is 12.8 Å². The fourth-order valence-electron chi connectivity index (χ4n) is 2.34. The molecule has 0 spiro atoms. The number of carboxylic acids is 1. The van der Waals surface area contributed by atoms with Crippen LogP contribution in [0.3, 0.4) is 0 Å². The lowest BCUT2D eigenvalue weighted by molar-refractivity contribution is -0.149. The van der Waals surface area contributed by atoms with Gasteiger partial charge in [-0.05, 0) is 18.8 Å². The van der Waals surface area contributed by atoms with E-state index in [9.17, 15) is 9.90 Å². The predicted octanol–water partition coefficient (Wildman–Crippen LogP) is 2.64. The summed E-state index contributed by atoms with van der Waals surface area (Å²) in [6, 6.07) is 0. The van der Waals surface area contributed by atoms with E-state index < -0.39 is 11.4 Å². The second kappa shape index (κ2) is 5.85. The van der Waals surface area contributed by atoms with E-state index in [1.54, 1.807) is 7.11 Å². The Morgan fingerprint density at radius 1 is 1.50 bits per heavy atom. The van der Waals surface area contributed by atoms with Crippen LogP contribution in [0.1, 0.15) is 26.2 Å². The van der Waals surface area contributed by atoms with Crippen molar-refractivity contribution in [1.29, 1.82) is 0 Å². The molecule has 0 aromatic rings. The normalized spacial score (nSPS) is 28.2. The van der Waals surface area contributed by atoms with Gasteiger partial charge in [-0.15, -0.1) is 0 Å². The number of hydrogen-bond acceptors (Lipinski definition) is 2. The average molecular weight is 224 g/mol. The van der Waals surface area contributed by atoms with Crippen molar-refractivity contribution in [3.05, 3.63) is 24.3 Å². The molecule has 1 aliphatic rings. The summed E-state index contributed by atoms with van der Waals surface area (Å²) in [5.41, 5.74) is -0.734. The number of aliphatic carboxylic acids is 1. The Morgan fingerprint density at radius 3 is 2.81 bits per heavy atom. The van der Waals surface area contributed by atoms with Crippen LogP contribution < -0.4 is 0 Å². The Labute approximate surface area is 96.8 Å². The molecule has 0 radical (unpaired) electrons. The van der Waals surface area contributed by atoms with Crippen LogP contribution in [0, 0.1) is 11.3 Å². The summed E-state index contributed by atoms with van der Waals surface area (Å²) in [6.45, 7) is 2.62. The maximum atomic E-state index is 11.5. The van der Waals surface area contributed by atoms with Crippen LogP contribution in [-0.2, 0) is 9.53 Å². The maximum Gasteiger partial charge on any atom is 0.314 e. The summed E-state index contributed by atoms with van der Waals surface area (Å²) in [6.07, 6.45) is 9.89. The Balaban J connectivity index is 2.88. The molecule has 0 fully saturated rings. The Bertz CT molecular complexity index is 294. The van der Waals surface area contributed by atoms with Gasteiger partial charge in [-0.1, -0.05) is 37.6 Å². The second-order valence-corrected chi connectivity index (χ2v) is 4.23. The summed E-state index contributed by atoms with van der Waals surface area (Å²) in [4.78, 5) is 11.5. The topological polar surface area (TPSA) is 46.5 Å². The van der Waals surface area contributed by atoms with Crippen molar-refractivity contribution in [2.24, 2.45) is 11.3 Å². The summed E-state index contributed by atoms with van der Waals surface area (Å²) in [5.74, 6) is -0.689. The van der Waals surface area contributed by atoms with Gasteiger partial charge in [-0.2, -0.15) is 0 Å². The molecule has 2 atom stereocenters. The number of rotatable bonds is 6. The highest BCUT2D eigenvalue weighted by Gasteiger charge is 2.42. The van der Waals surface area contributed by atoms with Gasteiger partial charge in [0.2, 0.25) is 0 Å². The zero-order chi connectivity index (χ0) is 12.0. The summed E-state index contributed by atoms with van der Waals surface area (Å²) >= 11 is 0. The Kier molecular flexibility index (Phi) is 4.74. The highest BCUT2D eigenvalue weighted by Crippen LogP contribution is 2.40. The van der Waals surface area contributed by atoms with Gasteiger partial charge in [0, 0.05) is 13.7 Å². The van der Waals surface area contributed by atoms with Crippen LogP contribution in [0.5, 0.6) is 0 Å². The fourth-order valence-corrected chi connectivity index (χ4v) is 2.34. The zero-order valence-electron chi connectivity index (χ0n) is 9.98. The van der Waals surface area contributed by atoms with E-state index in [1.165, 1.54) is 0 Å². The third-order valence-electron chi connectivity index (χ3n) is 3.20. The molecule has 0 aliphatic heterocycles. The maximum absolute atomic E-state index is 11.5. The smallest absolute Gasteiger partial charge is 0.314 e. The first kappa shape index (κ1) is 13.0. The van der Waals surface area contributed by atoms with Gasteiger partial charge in [0.25, 0.3) is 0 Å². The van der Waals surface area contributed by atoms with E-state index in [0.29, 0.717) is 13.0 Å². The lowest BCUT2D eigenvalue weighted by Crippen LogP contribution is -2.37. The van der Waals surface area contributed by atoms with Crippen molar-refractivity contribution in [2.45, 2.75) is 26.2 Å². The number of hydrogen-bond donors (Lipinski definition) is 1. The molecule has 1 rings (SSSR count). The van der Waals surface area contributed by atoms with Crippen LogP contribution in [0.15, 0.2) is 24.3 Å². The number of ether oxygens (including phenoxy) is 1. The standard InChI is InChI=1S/C13H20O3/c1-3-8-13(12(14)15)9-5-4-6-11(13)7-10-16-2/h4-6,9,11H,3,7-8,10H2,1-2H3,(H,14,15). The SMILES string of the molecule is CCCC1(C(=O)O)C=CC=CC1CCOC. The van der Waals surface area contributed by atoms with Crippen molar-refractivity contribution in [1.82, 2.24) is 0 Å². The lowest BCUT2D eigenvalue weighted by Gasteiger charge is -2.34. The largest absolute Gasteiger partial charge is 0.481 e. The monoisotopic (exact) mass is 224 g/mol. The summed E-state index contributed by atoms with van der Waals surface area (Å²) < 4.78 is 5.04. The average Bonchev–Trinajstić information content (AvgIpc) is 2.28. The van der Waals surface area contributed by atoms with Crippen molar-refractivity contribution < 1.29 is 14.6 Å². The molecule has 16 heavy (non-hydrogen) atoms. The zero-order valence-corrected chi connectivity index (χ0v) is 9.98. The minimum Gasteiger partial charge on any atom is -0.481 e. The molecule has 3 heteroatoms. The predicted molar refractivity (Wildman–Crippen MR) is 63.2 cm³/mol. The molecule has 2 unspecified atom stereocenters. The van der Waals surface area contributed by atoms with Gasteiger partial charge >= 0.3 is 5.97 Å². The highest BCUT2D eigenvalue weighted by molar-refractivity contribution is 5.78. The molecule has 0 aromatic carbocycles. The molecule has 0 saturated carbocycles. The van der Waals surface area contributed by atoms with E-state index in [1.807, 2.05) is 31.2 Å². The molecule has 0 heterocycles. The van der Waals surface area contributed by atoms with Gasteiger partial charge in [-0.3, -0.25) is 4.79 Å². The van der Waals surface area contributed by atoms with Gasteiger partial charge in [0.15, 0.2) is 0 Å². The van der Waals surface area contributed by atoms with Crippen molar-refractivity contribution in [2.75, 3.05) is 13.7 Å². The first-order valence-corrected chi connectivity index (χ1v) is 5.75. The molecule has 3 nitrogen and oxygen atoms in total. The van der Waals surface area contributed by atoms with Crippen LogP contribution in [-0.4, -0.2) is 24.8 Å². The lowest BCUT2D eigenvalue weighted by atomic mass is 9.68. The van der Waals surface area contributed by atoms with Crippen LogP contribution in [0.25, 0.3) is 0 Å². The molecular weight excluding hydrogens is 204 g/mol. The molecule has 1 N–H and O–H groups in total. The number of carbonyl (C=O) groups is 1. The first-order valence-electron chi connectivity index (χ1n) is 5.75. The Hall–Kier alpha value is -1.09. The molecular formula is C13H20O3. The van der Waals surface area contributed by atoms with E-state index in [-0.39, 0.29) is 5.92 Å². The van der Waals surface area contributed by atoms with Crippen LogP contribution >= 0.6 is 0 Å². The van der Waals surface area contributed by atoms with Crippen LogP contribution in [0.2, 0.25) is 0 Å². The number of methoxy groups -OCH3 is 1. The number of carboxylic acid groups (broad SMARTS) is 1. The first-order chi connectivity index (χ1) is 7.67. The molecule has 0 aromatic heterocycles. The quantitative estimate of drug-likeness (QED) is 0.754. The third-order valence-corrected chi connectivity index (χ3v) is 3.20.